The van der Waals surface area contributed by atoms with Crippen molar-refractivity contribution in [2.24, 2.45) is 0 Å². The van der Waals surface area contributed by atoms with Gasteiger partial charge in [0.2, 0.25) is 0 Å². The predicted molar refractivity (Wildman–Crippen MR) is 80.5 cm³/mol. The van der Waals surface area contributed by atoms with Gasteiger partial charge in [0.25, 0.3) is 0 Å². The molecule has 20 heavy (non-hydrogen) atoms. The predicted octanol–water partition coefficient (Wildman–Crippen LogP) is 3.98. The fourth-order valence-electron chi connectivity index (χ4n) is 2.24. The van der Waals surface area contributed by atoms with Crippen molar-refractivity contribution >= 4 is 11.6 Å². The van der Waals surface area contributed by atoms with Crippen LogP contribution in [0.5, 0.6) is 11.5 Å². The molecule has 0 saturated heterocycles. The van der Waals surface area contributed by atoms with Gasteiger partial charge in [0.1, 0.15) is 18.1 Å². The first-order valence-electron chi connectivity index (χ1n) is 6.46. The van der Waals surface area contributed by atoms with Crippen LogP contribution >= 0.6 is 0 Å². The van der Waals surface area contributed by atoms with Gasteiger partial charge in [-0.2, -0.15) is 0 Å². The molecular formula is C18H14O2. The minimum atomic E-state index is 0.308. The minimum absolute atomic E-state index is 0.308. The number of terminal acetylenes is 1. The van der Waals surface area contributed by atoms with E-state index in [9.17, 15) is 0 Å². The molecule has 0 bridgehead atoms. The zero-order valence-electron chi connectivity index (χ0n) is 11.0. The molecule has 1 heterocycles. The van der Waals surface area contributed by atoms with Gasteiger partial charge in [-0.3, -0.25) is 0 Å². The van der Waals surface area contributed by atoms with Gasteiger partial charge in [0, 0.05) is 11.1 Å². The normalized spacial score (nSPS) is 12.2. The van der Waals surface area contributed by atoms with E-state index in [4.69, 9.17) is 15.9 Å². The highest BCUT2D eigenvalue weighted by atomic mass is 16.5. The smallest absolute Gasteiger partial charge is 0.135 e. The summed E-state index contributed by atoms with van der Waals surface area (Å²) in [6, 6.07) is 15.9. The number of hydrogen-bond acceptors (Lipinski definition) is 2. The second-order valence-electron chi connectivity index (χ2n) is 4.50. The summed E-state index contributed by atoms with van der Waals surface area (Å²) >= 11 is 0. The molecule has 2 aromatic carbocycles. The monoisotopic (exact) mass is 262 g/mol. The van der Waals surface area contributed by atoms with Crippen LogP contribution < -0.4 is 4.74 Å². The van der Waals surface area contributed by atoms with Crippen LogP contribution in [0.1, 0.15) is 11.1 Å². The molecule has 0 aliphatic carbocycles. The molecule has 3 rings (SSSR count). The summed E-state index contributed by atoms with van der Waals surface area (Å²) in [5.74, 6) is 4.18. The van der Waals surface area contributed by atoms with Crippen molar-refractivity contribution in [3.8, 4) is 23.8 Å². The van der Waals surface area contributed by atoms with Crippen molar-refractivity contribution in [3.63, 3.8) is 0 Å². The summed E-state index contributed by atoms with van der Waals surface area (Å²) in [6.07, 6.45) is 7.32. The van der Waals surface area contributed by atoms with E-state index in [0.29, 0.717) is 13.2 Å². The Bertz CT molecular complexity index is 693. The molecule has 0 N–H and O–H groups in total. The van der Waals surface area contributed by atoms with Gasteiger partial charge < -0.3 is 9.47 Å². The first kappa shape index (κ1) is 12.5. The third kappa shape index (κ3) is 2.45. The fourth-order valence-corrected chi connectivity index (χ4v) is 2.24. The zero-order chi connectivity index (χ0) is 13.8. The lowest BCUT2D eigenvalue weighted by atomic mass is 10.0. The Balaban J connectivity index is 2.05. The molecule has 98 valence electrons. The van der Waals surface area contributed by atoms with Crippen LogP contribution in [0.15, 0.2) is 48.5 Å². The van der Waals surface area contributed by atoms with E-state index < -0.39 is 0 Å². The quantitative estimate of drug-likeness (QED) is 0.615. The number of benzene rings is 2. The molecule has 2 aromatic rings. The number of hydrogen-bond donors (Lipinski definition) is 0. The largest absolute Gasteiger partial charge is 0.456 e. The van der Waals surface area contributed by atoms with Gasteiger partial charge >= 0.3 is 0 Å². The van der Waals surface area contributed by atoms with Crippen LogP contribution in [-0.4, -0.2) is 13.2 Å². The molecule has 2 heteroatoms. The first-order valence-corrected chi connectivity index (χ1v) is 6.46. The highest BCUT2D eigenvalue weighted by Crippen LogP contribution is 2.37. The summed E-state index contributed by atoms with van der Waals surface area (Å²) in [5.41, 5.74) is 3.16. The average Bonchev–Trinajstić information content (AvgIpc) is 2.64. The van der Waals surface area contributed by atoms with Crippen LogP contribution in [0.4, 0.5) is 0 Å². The van der Waals surface area contributed by atoms with E-state index >= 15 is 0 Å². The Morgan fingerprint density at radius 1 is 1.00 bits per heavy atom. The Morgan fingerprint density at radius 3 is 2.60 bits per heavy atom. The third-order valence-electron chi connectivity index (χ3n) is 3.14. The third-order valence-corrected chi connectivity index (χ3v) is 3.14. The summed E-state index contributed by atoms with van der Waals surface area (Å²) in [4.78, 5) is 0. The fraction of sp³-hybridized carbons (Fsp3) is 0.111. The van der Waals surface area contributed by atoms with E-state index in [1.54, 1.807) is 0 Å². The van der Waals surface area contributed by atoms with Crippen LogP contribution in [0, 0.1) is 12.3 Å². The minimum Gasteiger partial charge on any atom is -0.456 e. The van der Waals surface area contributed by atoms with Crippen LogP contribution in [-0.2, 0) is 4.74 Å². The van der Waals surface area contributed by atoms with E-state index in [1.165, 1.54) is 0 Å². The molecule has 0 spiro atoms. The second-order valence-corrected chi connectivity index (χ2v) is 4.50. The average molecular weight is 262 g/mol. The molecular weight excluding hydrogens is 248 g/mol. The van der Waals surface area contributed by atoms with Crippen molar-refractivity contribution in [2.75, 3.05) is 13.2 Å². The molecule has 0 fully saturated rings. The van der Waals surface area contributed by atoms with Crippen molar-refractivity contribution in [1.29, 1.82) is 0 Å². The summed E-state index contributed by atoms with van der Waals surface area (Å²) in [6.45, 7) is 0.779. The van der Waals surface area contributed by atoms with Crippen molar-refractivity contribution in [2.45, 2.75) is 0 Å². The maximum atomic E-state index is 5.99. The number of rotatable bonds is 3. The molecule has 0 atom stereocenters. The Hall–Kier alpha value is -2.50. The zero-order valence-corrected chi connectivity index (χ0v) is 11.0. The SMILES string of the molecule is C#CCOCC1=Cc2ccccc2Oc2ccccc21. The number of para-hydroxylation sites is 2. The number of ether oxygens (including phenoxy) is 2. The maximum Gasteiger partial charge on any atom is 0.135 e. The molecule has 0 unspecified atom stereocenters. The molecule has 0 saturated carbocycles. The van der Waals surface area contributed by atoms with Gasteiger partial charge in [-0.25, -0.2) is 0 Å². The molecule has 0 radical (unpaired) electrons. The molecule has 2 nitrogen and oxygen atoms in total. The first-order chi connectivity index (χ1) is 9.88. The van der Waals surface area contributed by atoms with Gasteiger partial charge in [-0.15, -0.1) is 6.42 Å². The standard InChI is InChI=1S/C18H14O2/c1-2-11-19-13-15-12-14-7-3-5-9-17(14)20-18-10-6-4-8-16(15)18/h1,3-10,12H,11,13H2. The van der Waals surface area contributed by atoms with Crippen molar-refractivity contribution in [1.82, 2.24) is 0 Å². The second kappa shape index (κ2) is 5.64. The number of fused-ring (bicyclic) bond motifs is 2. The van der Waals surface area contributed by atoms with Gasteiger partial charge in [-0.1, -0.05) is 42.3 Å². The van der Waals surface area contributed by atoms with Gasteiger partial charge in [0.15, 0.2) is 0 Å². The van der Waals surface area contributed by atoms with Gasteiger partial charge in [0.05, 0.1) is 6.61 Å². The summed E-state index contributed by atoms with van der Waals surface area (Å²) in [7, 11) is 0. The van der Waals surface area contributed by atoms with Crippen LogP contribution in [0.25, 0.3) is 11.6 Å². The van der Waals surface area contributed by atoms with E-state index in [-0.39, 0.29) is 0 Å². The topological polar surface area (TPSA) is 18.5 Å². The highest BCUT2D eigenvalue weighted by molar-refractivity contribution is 5.87. The van der Waals surface area contributed by atoms with E-state index in [1.807, 2.05) is 48.5 Å². The van der Waals surface area contributed by atoms with Crippen molar-refractivity contribution in [3.05, 3.63) is 59.7 Å². The lowest BCUT2D eigenvalue weighted by molar-refractivity contribution is 0.205. The highest BCUT2D eigenvalue weighted by Gasteiger charge is 2.15. The molecule has 1 aliphatic heterocycles. The van der Waals surface area contributed by atoms with E-state index in [2.05, 4.69) is 12.0 Å². The molecule has 1 aliphatic rings. The van der Waals surface area contributed by atoms with Crippen molar-refractivity contribution < 1.29 is 9.47 Å². The Morgan fingerprint density at radius 2 is 1.75 bits per heavy atom. The maximum absolute atomic E-state index is 5.99. The van der Waals surface area contributed by atoms with Crippen LogP contribution in [0.3, 0.4) is 0 Å². The van der Waals surface area contributed by atoms with E-state index in [0.717, 1.165) is 28.2 Å². The lowest BCUT2D eigenvalue weighted by Crippen LogP contribution is -1.98. The molecule has 0 aromatic heterocycles. The van der Waals surface area contributed by atoms with Gasteiger partial charge in [-0.05, 0) is 23.8 Å². The summed E-state index contributed by atoms with van der Waals surface area (Å²) in [5, 5.41) is 0. The Labute approximate surface area is 118 Å². The molecule has 0 amide bonds. The van der Waals surface area contributed by atoms with Crippen LogP contribution in [0.2, 0.25) is 0 Å². The Kier molecular flexibility index (Phi) is 3.54. The lowest BCUT2D eigenvalue weighted by Gasteiger charge is -2.10. The summed E-state index contributed by atoms with van der Waals surface area (Å²) < 4.78 is 11.5.